The maximum atomic E-state index is 13.3. The molecule has 312 valence electrons. The van der Waals surface area contributed by atoms with Crippen LogP contribution in [0.2, 0.25) is 5.02 Å². The van der Waals surface area contributed by atoms with E-state index in [4.69, 9.17) is 16.6 Å². The first-order chi connectivity index (χ1) is 28.5. The van der Waals surface area contributed by atoms with Crippen LogP contribution in [0.3, 0.4) is 0 Å². The molecule has 14 nitrogen and oxygen atoms in total. The molecule has 0 saturated carbocycles. The van der Waals surface area contributed by atoms with Crippen LogP contribution in [0.1, 0.15) is 103 Å². The number of piperazine rings is 1. The molecule has 1 aromatic carbocycles. The van der Waals surface area contributed by atoms with Gasteiger partial charge in [0.25, 0.3) is 0 Å². The van der Waals surface area contributed by atoms with Gasteiger partial charge in [-0.25, -0.2) is 4.98 Å². The first-order valence-electron chi connectivity index (χ1n) is 20.7. The van der Waals surface area contributed by atoms with Crippen molar-refractivity contribution < 1.29 is 19.2 Å². The molecule has 0 aliphatic carbocycles. The Kier molecular flexibility index (Phi) is 13.8. The number of carbonyl (C=O) groups excluding carboxylic acids is 4. The van der Waals surface area contributed by atoms with E-state index < -0.39 is 18.0 Å². The van der Waals surface area contributed by atoms with Crippen molar-refractivity contribution in [3.63, 3.8) is 0 Å². The summed E-state index contributed by atoms with van der Waals surface area (Å²) in [6.07, 6.45) is 9.25. The lowest BCUT2D eigenvalue weighted by Gasteiger charge is -2.35. The Balaban J connectivity index is 0.791. The number of pyridine rings is 1. The first kappa shape index (κ1) is 42.1. The fraction of sp³-hybridized carbons (Fsp3) is 0.488. The number of thiophene rings is 1. The summed E-state index contributed by atoms with van der Waals surface area (Å²) in [5, 5.41) is 18.8. The monoisotopic (exact) mass is 840 g/mol. The van der Waals surface area contributed by atoms with Crippen LogP contribution >= 0.6 is 22.9 Å². The zero-order valence-electron chi connectivity index (χ0n) is 34.1. The van der Waals surface area contributed by atoms with E-state index in [1.165, 1.54) is 17.7 Å². The highest BCUT2D eigenvalue weighted by Crippen LogP contribution is 2.39. The second kappa shape index (κ2) is 19.4. The van der Waals surface area contributed by atoms with E-state index in [-0.39, 0.29) is 37.0 Å². The van der Waals surface area contributed by atoms with E-state index in [0.29, 0.717) is 23.8 Å². The highest BCUT2D eigenvalue weighted by molar-refractivity contribution is 7.15. The van der Waals surface area contributed by atoms with Crippen molar-refractivity contribution in [2.24, 2.45) is 4.99 Å². The number of aryl methyl sites for hydroxylation is 2. The third kappa shape index (κ3) is 10.4. The number of nitrogens with one attached hydrogen (secondary N) is 3. The average molecular weight is 841 g/mol. The maximum Gasteiger partial charge on any atom is 0.249 e. The molecular weight excluding hydrogens is 788 g/mol. The summed E-state index contributed by atoms with van der Waals surface area (Å²) >= 11 is 7.94. The highest BCUT2D eigenvalue weighted by atomic mass is 35.5. The third-order valence-corrected chi connectivity index (χ3v) is 12.8. The first-order valence-corrected chi connectivity index (χ1v) is 21.9. The number of rotatable bonds is 16. The van der Waals surface area contributed by atoms with Crippen molar-refractivity contribution in [3.05, 3.63) is 86.4 Å². The summed E-state index contributed by atoms with van der Waals surface area (Å²) in [5.74, 6) is 1.27. The lowest BCUT2D eigenvalue weighted by Crippen LogP contribution is -2.52. The van der Waals surface area contributed by atoms with Gasteiger partial charge in [0, 0.05) is 66.4 Å². The molecule has 2 atom stereocenters. The molecule has 1 unspecified atom stereocenters. The van der Waals surface area contributed by atoms with Crippen molar-refractivity contribution in [3.8, 4) is 5.00 Å². The number of imide groups is 1. The molecule has 3 aliphatic heterocycles. The summed E-state index contributed by atoms with van der Waals surface area (Å²) in [7, 11) is 0. The number of amides is 4. The molecule has 59 heavy (non-hydrogen) atoms. The minimum absolute atomic E-state index is 0.0439. The summed E-state index contributed by atoms with van der Waals surface area (Å²) in [4.78, 5) is 65.1. The number of benzene rings is 1. The molecule has 0 spiro atoms. The molecule has 4 aromatic rings. The zero-order valence-corrected chi connectivity index (χ0v) is 35.6. The van der Waals surface area contributed by atoms with E-state index in [1.807, 2.05) is 43.3 Å². The number of aliphatic imine (C=N–C) groups is 1. The minimum atomic E-state index is -0.675. The Morgan fingerprint density at radius 2 is 1.68 bits per heavy atom. The summed E-state index contributed by atoms with van der Waals surface area (Å²) in [6.45, 7) is 11.5. The van der Waals surface area contributed by atoms with Crippen molar-refractivity contribution in [1.29, 1.82) is 0 Å². The lowest BCUT2D eigenvalue weighted by atomic mass is 9.99. The quantitative estimate of drug-likeness (QED) is 0.0999. The Hall–Kier alpha value is -4.99. The molecule has 0 bridgehead atoms. The summed E-state index contributed by atoms with van der Waals surface area (Å²) in [5.41, 5.74) is 4.85. The van der Waals surface area contributed by atoms with Gasteiger partial charge in [-0.2, -0.15) is 0 Å². The zero-order chi connectivity index (χ0) is 41.5. The van der Waals surface area contributed by atoms with Gasteiger partial charge >= 0.3 is 0 Å². The van der Waals surface area contributed by atoms with Crippen LogP contribution in [0, 0.1) is 20.8 Å². The Morgan fingerprint density at radius 1 is 0.932 bits per heavy atom. The molecule has 2 saturated heterocycles. The van der Waals surface area contributed by atoms with Crippen molar-refractivity contribution in [1.82, 2.24) is 40.6 Å². The Bertz CT molecular complexity index is 2190. The highest BCUT2D eigenvalue weighted by Gasteiger charge is 2.33. The van der Waals surface area contributed by atoms with Crippen LogP contribution in [0.5, 0.6) is 0 Å². The van der Waals surface area contributed by atoms with Crippen LogP contribution in [-0.4, -0.2) is 99.3 Å². The SMILES string of the molecule is Cc1sc2c(c1C)C(c1ccc(Cl)cc1)=N[C@@H](CC(=O)NCCCCCCCCN1CCN(c3cc(CC(=O)NC4CCC(=O)NC4=O)ccn3)CC1)c1nnc(C)n1-2. The van der Waals surface area contributed by atoms with Crippen molar-refractivity contribution >= 4 is 58.1 Å². The molecule has 3 aromatic heterocycles. The van der Waals surface area contributed by atoms with Crippen LogP contribution in [0.4, 0.5) is 5.82 Å². The van der Waals surface area contributed by atoms with Crippen molar-refractivity contribution in [2.75, 3.05) is 44.2 Å². The normalized spacial score (nSPS) is 18.1. The number of aromatic nitrogens is 4. The molecule has 4 amide bonds. The predicted octanol–water partition coefficient (Wildman–Crippen LogP) is 5.33. The molecule has 16 heteroatoms. The number of hydrogen-bond donors (Lipinski definition) is 3. The van der Waals surface area contributed by atoms with E-state index in [1.54, 1.807) is 17.5 Å². The van der Waals surface area contributed by atoms with Crippen molar-refractivity contribution in [2.45, 2.75) is 97.1 Å². The fourth-order valence-electron chi connectivity index (χ4n) is 7.98. The van der Waals surface area contributed by atoms with Gasteiger partial charge < -0.3 is 15.5 Å². The second-order valence-corrected chi connectivity index (χ2v) is 17.3. The predicted molar refractivity (Wildman–Crippen MR) is 230 cm³/mol. The minimum Gasteiger partial charge on any atom is -0.356 e. The van der Waals surface area contributed by atoms with Gasteiger partial charge in [-0.1, -0.05) is 49.4 Å². The van der Waals surface area contributed by atoms with Gasteiger partial charge in [-0.3, -0.25) is 39.0 Å². The smallest absolute Gasteiger partial charge is 0.249 e. The average Bonchev–Trinajstić information content (AvgIpc) is 3.70. The number of nitrogens with zero attached hydrogens (tertiary/aromatic N) is 7. The van der Waals surface area contributed by atoms with Gasteiger partial charge in [0.05, 0.1) is 18.6 Å². The van der Waals surface area contributed by atoms with Crippen LogP contribution in [0.25, 0.3) is 5.00 Å². The topological polar surface area (TPSA) is 167 Å². The number of hydrogen-bond acceptors (Lipinski definition) is 11. The number of anilines is 1. The van der Waals surface area contributed by atoms with Gasteiger partial charge in [-0.15, -0.1) is 21.5 Å². The summed E-state index contributed by atoms with van der Waals surface area (Å²) < 4.78 is 2.07. The second-order valence-electron chi connectivity index (χ2n) is 15.7. The van der Waals surface area contributed by atoms with E-state index in [0.717, 1.165) is 103 Å². The van der Waals surface area contributed by atoms with Crippen LogP contribution in [0.15, 0.2) is 47.6 Å². The standard InChI is InChI=1S/C43H53ClN10O4S/c1-27-28(2)59-43-39(27)40(31-10-12-32(44)13-11-31)48-34(41-51-50-29(3)54(41)43)26-37(56)46-17-8-6-4-5-7-9-19-52-20-22-53(23-21-52)35-24-30(16-18-45-35)25-38(57)47-33-14-15-36(55)49-42(33)58/h10-13,16,18,24,33-34H,4-9,14-15,17,19-23,25-26H2,1-3H3,(H,46,56)(H,47,57)(H,49,55,58)/t33?,34-/m0/s1. The molecule has 2 fully saturated rings. The number of fused-ring (bicyclic) bond motifs is 3. The molecular formula is C43H53ClN10O4S. The number of unbranched alkanes of at least 4 members (excludes halogenated alkanes) is 5. The van der Waals surface area contributed by atoms with Crippen LogP contribution < -0.4 is 20.9 Å². The molecule has 6 heterocycles. The van der Waals surface area contributed by atoms with Gasteiger partial charge in [-0.05, 0) is 82.0 Å². The number of piperidine rings is 1. The molecule has 3 aliphatic rings. The molecule has 7 rings (SSSR count). The molecule has 0 radical (unpaired) electrons. The fourth-order valence-corrected chi connectivity index (χ4v) is 9.32. The lowest BCUT2D eigenvalue weighted by molar-refractivity contribution is -0.137. The number of halogens is 1. The van der Waals surface area contributed by atoms with Gasteiger partial charge in [0.1, 0.15) is 28.7 Å². The van der Waals surface area contributed by atoms with E-state index in [9.17, 15) is 19.2 Å². The summed E-state index contributed by atoms with van der Waals surface area (Å²) in [6, 6.07) is 10.3. The van der Waals surface area contributed by atoms with Gasteiger partial charge in [0.2, 0.25) is 23.6 Å². The number of carbonyl (C=O) groups is 4. The van der Waals surface area contributed by atoms with E-state index >= 15 is 0 Å². The maximum absolute atomic E-state index is 13.3. The van der Waals surface area contributed by atoms with E-state index in [2.05, 4.69) is 59.3 Å². The largest absolute Gasteiger partial charge is 0.356 e. The van der Waals surface area contributed by atoms with Gasteiger partial charge in [0.15, 0.2) is 5.82 Å². The Labute approximate surface area is 354 Å². The Morgan fingerprint density at radius 3 is 2.44 bits per heavy atom. The third-order valence-electron chi connectivity index (χ3n) is 11.4. The molecule has 3 N–H and O–H groups in total. The van der Waals surface area contributed by atoms with Crippen LogP contribution in [-0.2, 0) is 25.6 Å².